The first-order valence-corrected chi connectivity index (χ1v) is 9.39. The molecule has 0 aliphatic carbocycles. The van der Waals surface area contributed by atoms with Crippen molar-refractivity contribution in [3.63, 3.8) is 0 Å². The van der Waals surface area contributed by atoms with Crippen LogP contribution >= 0.6 is 0 Å². The van der Waals surface area contributed by atoms with Gasteiger partial charge >= 0.3 is 0 Å². The lowest BCUT2D eigenvalue weighted by atomic mass is 9.76. The zero-order valence-corrected chi connectivity index (χ0v) is 15.4. The number of hydrogen-bond donors (Lipinski definition) is 1. The molecule has 1 unspecified atom stereocenters. The van der Waals surface area contributed by atoms with E-state index in [1.807, 2.05) is 6.92 Å². The monoisotopic (exact) mass is 336 g/mol. The van der Waals surface area contributed by atoms with Crippen LogP contribution in [-0.2, 0) is 0 Å². The minimum Gasteiger partial charge on any atom is -0.424 e. The highest BCUT2D eigenvalue weighted by Crippen LogP contribution is 2.48. The minimum atomic E-state index is 0.276. The molecule has 6 heteroatoms. The second-order valence-corrected chi connectivity index (χ2v) is 8.12. The van der Waals surface area contributed by atoms with Gasteiger partial charge in [-0.15, -0.1) is 10.2 Å². The van der Waals surface area contributed by atoms with E-state index in [0.29, 0.717) is 23.8 Å². The summed E-state index contributed by atoms with van der Waals surface area (Å²) in [6, 6.07) is 0.276. The Balaban J connectivity index is 1.68. The van der Waals surface area contributed by atoms with Crippen molar-refractivity contribution in [2.45, 2.75) is 52.5 Å². The largest absolute Gasteiger partial charge is 0.424 e. The Labute approximate surface area is 145 Å². The quantitative estimate of drug-likeness (QED) is 0.859. The lowest BCUT2D eigenvalue weighted by Crippen LogP contribution is -2.42. The third-order valence-corrected chi connectivity index (χ3v) is 5.58. The fraction of sp³-hybridized carbons (Fsp3) is 0.889. The summed E-state index contributed by atoms with van der Waals surface area (Å²) in [7, 11) is 0. The van der Waals surface area contributed by atoms with Crippen LogP contribution in [0.5, 0.6) is 0 Å². The summed E-state index contributed by atoms with van der Waals surface area (Å²) in [5, 5.41) is 17.4. The lowest BCUT2D eigenvalue weighted by molar-refractivity contribution is 0.100. The molecule has 6 nitrogen and oxygen atoms in total. The average Bonchev–Trinajstić information content (AvgIpc) is 3.11. The smallest absolute Gasteiger partial charge is 0.233 e. The van der Waals surface area contributed by atoms with E-state index in [1.54, 1.807) is 0 Å². The first-order valence-electron chi connectivity index (χ1n) is 9.39. The topological polar surface area (TPSA) is 65.6 Å². The first-order chi connectivity index (χ1) is 11.5. The highest BCUT2D eigenvalue weighted by Gasteiger charge is 2.47. The van der Waals surface area contributed by atoms with Gasteiger partial charge in [0, 0.05) is 33.2 Å². The van der Waals surface area contributed by atoms with Crippen LogP contribution in [0.1, 0.15) is 57.4 Å². The van der Waals surface area contributed by atoms with Gasteiger partial charge in [0.25, 0.3) is 0 Å². The number of aryl methyl sites for hydroxylation is 1. The van der Waals surface area contributed by atoms with Crippen LogP contribution in [0.2, 0.25) is 0 Å². The van der Waals surface area contributed by atoms with Gasteiger partial charge in [0.2, 0.25) is 11.8 Å². The van der Waals surface area contributed by atoms with Gasteiger partial charge in [-0.3, -0.25) is 4.90 Å². The molecule has 2 aliphatic rings. The molecule has 1 aromatic heterocycles. The fourth-order valence-corrected chi connectivity index (χ4v) is 4.40. The molecule has 2 fully saturated rings. The first kappa shape index (κ1) is 17.8. The Kier molecular flexibility index (Phi) is 5.57. The van der Waals surface area contributed by atoms with Gasteiger partial charge in [-0.2, -0.15) is 0 Å². The van der Waals surface area contributed by atoms with Gasteiger partial charge in [0.1, 0.15) is 0 Å². The second kappa shape index (κ2) is 7.50. The summed E-state index contributed by atoms with van der Waals surface area (Å²) in [6.07, 6.45) is 4.48. The summed E-state index contributed by atoms with van der Waals surface area (Å²) < 4.78 is 5.79. The van der Waals surface area contributed by atoms with Crippen LogP contribution in [0.25, 0.3) is 0 Å². The maximum absolute atomic E-state index is 9.03. The van der Waals surface area contributed by atoms with Crippen LogP contribution in [-0.4, -0.2) is 64.4 Å². The molecule has 0 radical (unpaired) electrons. The van der Waals surface area contributed by atoms with Crippen molar-refractivity contribution in [2.24, 2.45) is 11.3 Å². The Hall–Kier alpha value is -0.980. The molecule has 0 aromatic carbocycles. The van der Waals surface area contributed by atoms with Crippen molar-refractivity contribution in [3.8, 4) is 0 Å². The molecule has 1 spiro atoms. The van der Waals surface area contributed by atoms with Crippen molar-refractivity contribution >= 4 is 0 Å². The summed E-state index contributed by atoms with van der Waals surface area (Å²) >= 11 is 0. The Morgan fingerprint density at radius 3 is 2.62 bits per heavy atom. The maximum atomic E-state index is 9.03. The molecule has 136 valence electrons. The van der Waals surface area contributed by atoms with E-state index in [4.69, 9.17) is 9.52 Å². The van der Waals surface area contributed by atoms with Crippen molar-refractivity contribution in [2.75, 3.05) is 39.3 Å². The highest BCUT2D eigenvalue weighted by molar-refractivity contribution is 5.04. The average molecular weight is 336 g/mol. The van der Waals surface area contributed by atoms with Crippen molar-refractivity contribution in [3.05, 3.63) is 11.8 Å². The van der Waals surface area contributed by atoms with Crippen LogP contribution in [0, 0.1) is 18.3 Å². The molecule has 0 bridgehead atoms. The summed E-state index contributed by atoms with van der Waals surface area (Å²) in [5.41, 5.74) is 0.387. The van der Waals surface area contributed by atoms with Gasteiger partial charge in [0.15, 0.2) is 0 Å². The van der Waals surface area contributed by atoms with Crippen LogP contribution in [0.3, 0.4) is 0 Å². The maximum Gasteiger partial charge on any atom is 0.233 e. The van der Waals surface area contributed by atoms with Gasteiger partial charge in [-0.1, -0.05) is 13.8 Å². The number of likely N-dealkylation sites (tertiary alicyclic amines) is 2. The molecular formula is C18H32N4O2. The summed E-state index contributed by atoms with van der Waals surface area (Å²) in [6.45, 7) is 12.3. The third-order valence-electron chi connectivity index (χ3n) is 5.58. The van der Waals surface area contributed by atoms with Crippen LogP contribution < -0.4 is 0 Å². The van der Waals surface area contributed by atoms with E-state index in [0.717, 1.165) is 51.5 Å². The molecule has 24 heavy (non-hydrogen) atoms. The van der Waals surface area contributed by atoms with E-state index in [2.05, 4.69) is 33.8 Å². The van der Waals surface area contributed by atoms with E-state index in [-0.39, 0.29) is 6.04 Å². The second-order valence-electron chi connectivity index (χ2n) is 8.12. The van der Waals surface area contributed by atoms with E-state index in [1.165, 1.54) is 12.8 Å². The molecule has 3 rings (SSSR count). The van der Waals surface area contributed by atoms with Gasteiger partial charge < -0.3 is 14.4 Å². The Morgan fingerprint density at radius 2 is 2.04 bits per heavy atom. The lowest BCUT2D eigenvalue weighted by Gasteiger charge is -2.39. The molecule has 1 N–H and O–H groups in total. The van der Waals surface area contributed by atoms with E-state index in [9.17, 15) is 0 Å². The zero-order valence-electron chi connectivity index (χ0n) is 15.4. The van der Waals surface area contributed by atoms with Crippen LogP contribution in [0.15, 0.2) is 4.42 Å². The molecule has 1 aromatic rings. The number of aromatic nitrogens is 2. The number of aliphatic hydroxyl groups is 1. The zero-order chi connectivity index (χ0) is 17.2. The van der Waals surface area contributed by atoms with Gasteiger partial charge in [-0.25, -0.2) is 0 Å². The summed E-state index contributed by atoms with van der Waals surface area (Å²) in [5.74, 6) is 2.10. The number of rotatable bonds is 6. The molecular weight excluding hydrogens is 304 g/mol. The number of nitrogens with zero attached hydrogens (tertiary/aromatic N) is 4. The van der Waals surface area contributed by atoms with Crippen molar-refractivity contribution in [1.82, 2.24) is 20.0 Å². The SMILES string of the molecule is Cc1nnc(C2CC3(CCN(CCCO)CC3)CN2CC(C)C)o1. The minimum absolute atomic E-state index is 0.276. The van der Waals surface area contributed by atoms with Crippen molar-refractivity contribution in [1.29, 1.82) is 0 Å². The normalized spacial score (nSPS) is 25.1. The van der Waals surface area contributed by atoms with Gasteiger partial charge in [-0.05, 0) is 50.1 Å². The number of piperidine rings is 1. The Bertz CT molecular complexity index is 523. The van der Waals surface area contributed by atoms with Crippen LogP contribution in [0.4, 0.5) is 0 Å². The molecule has 2 saturated heterocycles. The number of hydrogen-bond acceptors (Lipinski definition) is 6. The third kappa shape index (κ3) is 3.98. The molecule has 1 atom stereocenters. The van der Waals surface area contributed by atoms with Crippen molar-refractivity contribution < 1.29 is 9.52 Å². The predicted molar refractivity (Wildman–Crippen MR) is 92.6 cm³/mol. The highest BCUT2D eigenvalue weighted by atomic mass is 16.4. The molecule has 3 heterocycles. The molecule has 2 aliphatic heterocycles. The van der Waals surface area contributed by atoms with E-state index >= 15 is 0 Å². The Morgan fingerprint density at radius 1 is 1.29 bits per heavy atom. The molecule has 0 amide bonds. The van der Waals surface area contributed by atoms with Gasteiger partial charge in [0.05, 0.1) is 6.04 Å². The standard InChI is InChI=1S/C18H32N4O2/c1-14(2)12-22-13-18(5-8-21(9-6-18)7-4-10-23)11-16(22)17-20-19-15(3)24-17/h14,16,23H,4-13H2,1-3H3. The summed E-state index contributed by atoms with van der Waals surface area (Å²) in [4.78, 5) is 5.07. The number of aliphatic hydroxyl groups excluding tert-OH is 1. The predicted octanol–water partition coefficient (Wildman–Crippen LogP) is 2.25. The fourth-order valence-electron chi connectivity index (χ4n) is 4.40. The van der Waals surface area contributed by atoms with E-state index < -0.39 is 0 Å². The molecule has 0 saturated carbocycles.